The van der Waals surface area contributed by atoms with E-state index in [9.17, 15) is 13.2 Å². The Kier molecular flexibility index (Phi) is 4.67. The standard InChI is InChI=1S/C16H14N2O4S/c1-11-3-7-14(8-4-11)23(20,21)18-13-6-5-12(10-17)15(9-13)16(19)22-2/h3-9,18H,1-2H3. The lowest BCUT2D eigenvalue weighted by molar-refractivity contribution is 0.0600. The quantitative estimate of drug-likeness (QED) is 0.869. The number of anilines is 1. The summed E-state index contributed by atoms with van der Waals surface area (Å²) in [5.41, 5.74) is 1.22. The Morgan fingerprint density at radius 2 is 1.83 bits per heavy atom. The average Bonchev–Trinajstić information content (AvgIpc) is 2.54. The highest BCUT2D eigenvalue weighted by molar-refractivity contribution is 7.92. The maximum absolute atomic E-state index is 12.3. The normalized spacial score (nSPS) is 10.7. The third-order valence-corrected chi connectivity index (χ3v) is 4.53. The Hall–Kier alpha value is -2.85. The highest BCUT2D eigenvalue weighted by Gasteiger charge is 2.17. The minimum absolute atomic E-state index is 0.000828. The van der Waals surface area contributed by atoms with Gasteiger partial charge in [0.05, 0.1) is 23.1 Å². The van der Waals surface area contributed by atoms with Gasteiger partial charge < -0.3 is 4.74 Å². The van der Waals surface area contributed by atoms with Crippen LogP contribution in [-0.2, 0) is 14.8 Å². The van der Waals surface area contributed by atoms with Gasteiger partial charge in [0, 0.05) is 5.69 Å². The van der Waals surface area contributed by atoms with Gasteiger partial charge in [-0.05, 0) is 37.3 Å². The first kappa shape index (κ1) is 16.5. The SMILES string of the molecule is COC(=O)c1cc(NS(=O)(=O)c2ccc(C)cc2)ccc1C#N. The number of carbonyl (C=O) groups excluding carboxylic acids is 1. The molecule has 0 amide bonds. The van der Waals surface area contributed by atoms with E-state index in [1.807, 2.05) is 13.0 Å². The van der Waals surface area contributed by atoms with Gasteiger partial charge in [0.25, 0.3) is 10.0 Å². The number of nitrogens with zero attached hydrogens (tertiary/aromatic N) is 1. The largest absolute Gasteiger partial charge is 0.465 e. The number of carbonyl (C=O) groups is 1. The van der Waals surface area contributed by atoms with E-state index in [2.05, 4.69) is 9.46 Å². The number of rotatable bonds is 4. The fourth-order valence-corrected chi connectivity index (χ4v) is 2.97. The third kappa shape index (κ3) is 3.67. The van der Waals surface area contributed by atoms with Crippen molar-refractivity contribution in [2.75, 3.05) is 11.8 Å². The van der Waals surface area contributed by atoms with Crippen molar-refractivity contribution in [3.05, 3.63) is 59.2 Å². The van der Waals surface area contributed by atoms with Gasteiger partial charge in [-0.25, -0.2) is 13.2 Å². The number of hydrogen-bond acceptors (Lipinski definition) is 5. The molecule has 1 N–H and O–H groups in total. The van der Waals surface area contributed by atoms with E-state index in [0.29, 0.717) is 0 Å². The first-order valence-corrected chi connectivity index (χ1v) is 8.07. The molecule has 0 saturated heterocycles. The number of benzene rings is 2. The molecule has 0 spiro atoms. The summed E-state index contributed by atoms with van der Waals surface area (Å²) in [6, 6.07) is 12.3. The number of methoxy groups -OCH3 is 1. The fourth-order valence-electron chi connectivity index (χ4n) is 1.92. The molecule has 0 saturated carbocycles. The fraction of sp³-hybridized carbons (Fsp3) is 0.125. The Labute approximate surface area is 134 Å². The molecule has 118 valence electrons. The van der Waals surface area contributed by atoms with Crippen LogP contribution in [0.5, 0.6) is 0 Å². The lowest BCUT2D eigenvalue weighted by atomic mass is 10.1. The van der Waals surface area contributed by atoms with Crippen LogP contribution in [0.25, 0.3) is 0 Å². The molecule has 2 aromatic rings. The van der Waals surface area contributed by atoms with E-state index in [1.165, 1.54) is 37.4 Å². The molecule has 2 aromatic carbocycles. The lowest BCUT2D eigenvalue weighted by Crippen LogP contribution is -2.14. The highest BCUT2D eigenvalue weighted by atomic mass is 32.2. The summed E-state index contributed by atoms with van der Waals surface area (Å²) in [6.07, 6.45) is 0. The Bertz CT molecular complexity index is 881. The molecule has 0 radical (unpaired) electrons. The van der Waals surface area contributed by atoms with Crippen LogP contribution < -0.4 is 4.72 Å². The van der Waals surface area contributed by atoms with Crippen LogP contribution in [0, 0.1) is 18.3 Å². The van der Waals surface area contributed by atoms with Crippen molar-refractivity contribution in [3.8, 4) is 6.07 Å². The maximum atomic E-state index is 12.3. The van der Waals surface area contributed by atoms with E-state index in [1.54, 1.807) is 12.1 Å². The van der Waals surface area contributed by atoms with Crippen LogP contribution in [0.3, 0.4) is 0 Å². The van der Waals surface area contributed by atoms with Gasteiger partial charge in [-0.3, -0.25) is 4.72 Å². The number of nitrogens with one attached hydrogen (secondary N) is 1. The summed E-state index contributed by atoms with van der Waals surface area (Å²) in [7, 11) is -2.60. The second-order valence-corrected chi connectivity index (χ2v) is 6.46. The van der Waals surface area contributed by atoms with E-state index in [4.69, 9.17) is 5.26 Å². The number of nitriles is 1. The molecule has 6 nitrogen and oxygen atoms in total. The second-order valence-electron chi connectivity index (χ2n) is 4.78. The molecule has 23 heavy (non-hydrogen) atoms. The number of esters is 1. The third-order valence-electron chi connectivity index (χ3n) is 3.13. The molecule has 7 heteroatoms. The molecule has 0 heterocycles. The summed E-state index contributed by atoms with van der Waals surface area (Å²) in [4.78, 5) is 11.8. The zero-order chi connectivity index (χ0) is 17.0. The maximum Gasteiger partial charge on any atom is 0.339 e. The van der Waals surface area contributed by atoms with Crippen LogP contribution in [-0.4, -0.2) is 21.5 Å². The summed E-state index contributed by atoms with van der Waals surface area (Å²) < 4.78 is 31.6. The summed E-state index contributed by atoms with van der Waals surface area (Å²) in [6.45, 7) is 1.85. The van der Waals surface area contributed by atoms with Crippen LogP contribution in [0.1, 0.15) is 21.5 Å². The van der Waals surface area contributed by atoms with Crippen LogP contribution in [0.15, 0.2) is 47.4 Å². The van der Waals surface area contributed by atoms with Gasteiger partial charge in [-0.2, -0.15) is 5.26 Å². The minimum atomic E-state index is -3.78. The molecule has 0 aliphatic carbocycles. The number of ether oxygens (including phenoxy) is 1. The van der Waals surface area contributed by atoms with Crippen molar-refractivity contribution in [2.24, 2.45) is 0 Å². The monoisotopic (exact) mass is 330 g/mol. The number of aryl methyl sites for hydroxylation is 1. The zero-order valence-corrected chi connectivity index (χ0v) is 13.3. The van der Waals surface area contributed by atoms with E-state index in [0.717, 1.165) is 5.56 Å². The first-order valence-electron chi connectivity index (χ1n) is 6.59. The van der Waals surface area contributed by atoms with Gasteiger partial charge in [0.1, 0.15) is 6.07 Å². The highest BCUT2D eigenvalue weighted by Crippen LogP contribution is 2.20. The van der Waals surface area contributed by atoms with Crippen molar-refractivity contribution in [1.82, 2.24) is 0 Å². The minimum Gasteiger partial charge on any atom is -0.465 e. The average molecular weight is 330 g/mol. The smallest absolute Gasteiger partial charge is 0.339 e. The van der Waals surface area contributed by atoms with Gasteiger partial charge in [0.2, 0.25) is 0 Å². The Morgan fingerprint density at radius 1 is 1.17 bits per heavy atom. The molecule has 0 bridgehead atoms. The summed E-state index contributed by atoms with van der Waals surface area (Å²) >= 11 is 0. The van der Waals surface area contributed by atoms with Gasteiger partial charge in [-0.15, -0.1) is 0 Å². The topological polar surface area (TPSA) is 96.3 Å². The predicted octanol–water partition coefficient (Wildman–Crippen LogP) is 2.45. The Balaban J connectivity index is 2.38. The predicted molar refractivity (Wildman–Crippen MR) is 84.5 cm³/mol. The van der Waals surface area contributed by atoms with E-state index < -0.39 is 16.0 Å². The van der Waals surface area contributed by atoms with Gasteiger partial charge in [0.15, 0.2) is 0 Å². The summed E-state index contributed by atoms with van der Waals surface area (Å²) in [5.74, 6) is -0.710. The molecule has 0 unspecified atom stereocenters. The van der Waals surface area contributed by atoms with Crippen LogP contribution >= 0.6 is 0 Å². The van der Waals surface area contributed by atoms with Gasteiger partial charge in [-0.1, -0.05) is 17.7 Å². The lowest BCUT2D eigenvalue weighted by Gasteiger charge is -2.10. The molecule has 0 aromatic heterocycles. The van der Waals surface area contributed by atoms with E-state index in [-0.39, 0.29) is 21.7 Å². The van der Waals surface area contributed by atoms with Crippen molar-refractivity contribution < 1.29 is 17.9 Å². The van der Waals surface area contributed by atoms with Crippen molar-refractivity contribution >= 4 is 21.7 Å². The van der Waals surface area contributed by atoms with Crippen molar-refractivity contribution in [3.63, 3.8) is 0 Å². The number of hydrogen-bond donors (Lipinski definition) is 1. The molecular formula is C16H14N2O4S. The molecular weight excluding hydrogens is 316 g/mol. The van der Waals surface area contributed by atoms with E-state index >= 15 is 0 Å². The second kappa shape index (κ2) is 6.50. The molecule has 0 aliphatic heterocycles. The van der Waals surface area contributed by atoms with Crippen LogP contribution in [0.2, 0.25) is 0 Å². The van der Waals surface area contributed by atoms with Gasteiger partial charge >= 0.3 is 5.97 Å². The molecule has 0 aliphatic rings. The zero-order valence-electron chi connectivity index (χ0n) is 12.5. The number of sulfonamides is 1. The van der Waals surface area contributed by atoms with Crippen molar-refractivity contribution in [2.45, 2.75) is 11.8 Å². The molecule has 0 fully saturated rings. The Morgan fingerprint density at radius 3 is 2.39 bits per heavy atom. The molecule has 0 atom stereocenters. The molecule has 2 rings (SSSR count). The summed E-state index contributed by atoms with van der Waals surface area (Å²) in [5, 5.41) is 8.99. The first-order chi connectivity index (χ1) is 10.9. The van der Waals surface area contributed by atoms with Crippen molar-refractivity contribution in [1.29, 1.82) is 5.26 Å². The van der Waals surface area contributed by atoms with Crippen LogP contribution in [0.4, 0.5) is 5.69 Å².